The lowest BCUT2D eigenvalue weighted by atomic mass is 9.95. The van der Waals surface area contributed by atoms with Gasteiger partial charge in [0, 0.05) is 11.6 Å². The molecule has 9 nitrogen and oxygen atoms in total. The highest BCUT2D eigenvalue weighted by atomic mass is 16.5. The van der Waals surface area contributed by atoms with E-state index < -0.39 is 34.4 Å². The van der Waals surface area contributed by atoms with Crippen molar-refractivity contribution in [2.75, 3.05) is 20.0 Å². The summed E-state index contributed by atoms with van der Waals surface area (Å²) in [5, 5.41) is 18.7. The molecule has 24 heavy (non-hydrogen) atoms. The Morgan fingerprint density at radius 1 is 1.00 bits per heavy atom. The lowest BCUT2D eigenvalue weighted by Crippen LogP contribution is -2.24. The molecule has 2 aromatic rings. The number of aromatic nitrogens is 1. The maximum Gasteiger partial charge on any atom is 0.342 e. The van der Waals surface area contributed by atoms with E-state index in [0.717, 1.165) is 0 Å². The predicted octanol–water partition coefficient (Wildman–Crippen LogP) is 1.04. The van der Waals surface area contributed by atoms with Crippen LogP contribution in [-0.2, 0) is 0 Å². The van der Waals surface area contributed by atoms with E-state index in [1.54, 1.807) is 0 Å². The van der Waals surface area contributed by atoms with Gasteiger partial charge in [0.25, 0.3) is 5.56 Å². The largest absolute Gasteiger partial charge is 0.497 e. The van der Waals surface area contributed by atoms with Crippen molar-refractivity contribution in [3.8, 4) is 22.6 Å². The number of hydrogen-bond donors (Lipinski definition) is 4. The van der Waals surface area contributed by atoms with Gasteiger partial charge in [-0.15, -0.1) is 0 Å². The number of ether oxygens (including phenoxy) is 2. The zero-order valence-electron chi connectivity index (χ0n) is 12.7. The second kappa shape index (κ2) is 6.32. The number of pyridine rings is 1. The Hall–Kier alpha value is -3.49. The van der Waals surface area contributed by atoms with E-state index in [-0.39, 0.29) is 22.6 Å². The van der Waals surface area contributed by atoms with Gasteiger partial charge in [-0.05, 0) is 17.7 Å². The Kier molecular flexibility index (Phi) is 4.45. The molecular weight excluding hydrogens is 320 g/mol. The maximum atomic E-state index is 12.0. The first-order valence-corrected chi connectivity index (χ1v) is 6.56. The molecule has 126 valence electrons. The summed E-state index contributed by atoms with van der Waals surface area (Å²) in [6, 6.07) is 4.28. The summed E-state index contributed by atoms with van der Waals surface area (Å²) in [5.41, 5.74) is 3.09. The quantitative estimate of drug-likeness (QED) is 0.633. The van der Waals surface area contributed by atoms with E-state index >= 15 is 0 Å². The van der Waals surface area contributed by atoms with Crippen LogP contribution in [0, 0.1) is 0 Å². The first-order chi connectivity index (χ1) is 11.3. The molecule has 0 bridgehead atoms. The lowest BCUT2D eigenvalue weighted by Gasteiger charge is -2.14. The van der Waals surface area contributed by atoms with E-state index in [4.69, 9.17) is 15.2 Å². The van der Waals surface area contributed by atoms with Gasteiger partial charge in [-0.25, -0.2) is 9.59 Å². The van der Waals surface area contributed by atoms with E-state index in [1.165, 1.54) is 32.4 Å². The molecule has 0 aliphatic rings. The number of methoxy groups -OCH3 is 2. The van der Waals surface area contributed by atoms with Crippen molar-refractivity contribution in [1.82, 2.24) is 4.98 Å². The number of carboxylic acids is 2. The molecule has 0 aliphatic heterocycles. The number of benzene rings is 1. The molecule has 0 unspecified atom stereocenters. The van der Waals surface area contributed by atoms with Crippen LogP contribution >= 0.6 is 0 Å². The SMILES string of the molecule is COc1cc(OC)cc(-c2c(C(=O)O)c(N)[nH]c(=O)c2C(=O)O)c1. The van der Waals surface area contributed by atoms with Crippen molar-refractivity contribution in [3.63, 3.8) is 0 Å². The molecule has 5 N–H and O–H groups in total. The fourth-order valence-corrected chi connectivity index (χ4v) is 2.29. The number of rotatable bonds is 5. The van der Waals surface area contributed by atoms with Crippen LogP contribution in [0.5, 0.6) is 11.5 Å². The number of nitrogens with two attached hydrogens (primary N) is 1. The van der Waals surface area contributed by atoms with Crippen molar-refractivity contribution in [1.29, 1.82) is 0 Å². The normalized spacial score (nSPS) is 10.2. The first-order valence-electron chi connectivity index (χ1n) is 6.56. The van der Waals surface area contributed by atoms with Gasteiger partial charge in [0.15, 0.2) is 0 Å². The Morgan fingerprint density at radius 2 is 1.50 bits per heavy atom. The predicted molar refractivity (Wildman–Crippen MR) is 83.9 cm³/mol. The van der Waals surface area contributed by atoms with E-state index in [1.807, 2.05) is 4.98 Å². The average molecular weight is 334 g/mol. The molecule has 2 rings (SSSR count). The molecule has 0 fully saturated rings. The smallest absolute Gasteiger partial charge is 0.342 e. The van der Waals surface area contributed by atoms with Gasteiger partial charge in [0.2, 0.25) is 0 Å². The summed E-state index contributed by atoms with van der Waals surface area (Å²) in [4.78, 5) is 37.1. The number of aromatic amines is 1. The molecule has 0 aliphatic carbocycles. The minimum Gasteiger partial charge on any atom is -0.497 e. The molecule has 0 saturated carbocycles. The fraction of sp³-hybridized carbons (Fsp3) is 0.133. The van der Waals surface area contributed by atoms with Crippen molar-refractivity contribution in [3.05, 3.63) is 39.7 Å². The highest BCUT2D eigenvalue weighted by Crippen LogP contribution is 2.34. The van der Waals surface area contributed by atoms with Gasteiger partial charge in [-0.2, -0.15) is 0 Å². The summed E-state index contributed by atoms with van der Waals surface area (Å²) in [5.74, 6) is -2.94. The van der Waals surface area contributed by atoms with Crippen LogP contribution < -0.4 is 20.8 Å². The van der Waals surface area contributed by atoms with E-state index in [9.17, 15) is 24.6 Å². The van der Waals surface area contributed by atoms with Crippen LogP contribution in [0.3, 0.4) is 0 Å². The summed E-state index contributed by atoms with van der Waals surface area (Å²) in [6.45, 7) is 0. The number of H-pyrrole nitrogens is 1. The summed E-state index contributed by atoms with van der Waals surface area (Å²) >= 11 is 0. The Bertz CT molecular complexity index is 864. The molecule has 0 atom stereocenters. The highest BCUT2D eigenvalue weighted by Gasteiger charge is 2.27. The summed E-state index contributed by atoms with van der Waals surface area (Å²) in [7, 11) is 2.75. The number of carbonyl (C=O) groups is 2. The lowest BCUT2D eigenvalue weighted by molar-refractivity contribution is 0.0695. The molecule has 0 radical (unpaired) electrons. The molecule has 1 heterocycles. The van der Waals surface area contributed by atoms with E-state index in [2.05, 4.69) is 0 Å². The molecule has 9 heteroatoms. The van der Waals surface area contributed by atoms with Gasteiger partial charge in [0.1, 0.15) is 28.4 Å². The first kappa shape index (κ1) is 16.9. The molecule has 0 amide bonds. The second-order valence-electron chi connectivity index (χ2n) is 4.70. The van der Waals surface area contributed by atoms with Gasteiger partial charge < -0.3 is 30.4 Å². The molecule has 1 aromatic carbocycles. The third-order valence-corrected chi connectivity index (χ3v) is 3.31. The number of nitrogens with one attached hydrogen (secondary N) is 1. The monoisotopic (exact) mass is 334 g/mol. The standard InChI is InChI=1S/C15H14N2O7/c1-23-7-3-6(4-8(5-7)24-2)9-10(14(19)20)12(16)17-13(18)11(9)15(21)22/h3-5H,1-2H3,(H,19,20)(H,21,22)(H3,16,17,18). The third-order valence-electron chi connectivity index (χ3n) is 3.31. The zero-order chi connectivity index (χ0) is 18.0. The second-order valence-corrected chi connectivity index (χ2v) is 4.70. The Balaban J connectivity index is 2.99. The molecule has 0 spiro atoms. The molecular formula is C15H14N2O7. The summed E-state index contributed by atoms with van der Waals surface area (Å²) < 4.78 is 10.2. The molecule has 0 saturated heterocycles. The topological polar surface area (TPSA) is 152 Å². The van der Waals surface area contributed by atoms with Crippen LogP contribution in [0.4, 0.5) is 5.82 Å². The van der Waals surface area contributed by atoms with Crippen molar-refractivity contribution in [2.24, 2.45) is 0 Å². The van der Waals surface area contributed by atoms with Crippen LogP contribution in [0.15, 0.2) is 23.0 Å². The number of hydrogen-bond acceptors (Lipinski definition) is 6. The van der Waals surface area contributed by atoms with Crippen molar-refractivity contribution >= 4 is 17.8 Å². The zero-order valence-corrected chi connectivity index (χ0v) is 12.7. The van der Waals surface area contributed by atoms with Crippen LogP contribution in [-0.4, -0.2) is 41.4 Å². The number of aromatic carboxylic acids is 2. The maximum absolute atomic E-state index is 12.0. The van der Waals surface area contributed by atoms with Gasteiger partial charge >= 0.3 is 11.9 Å². The third kappa shape index (κ3) is 2.86. The van der Waals surface area contributed by atoms with Gasteiger partial charge in [0.05, 0.1) is 14.2 Å². The van der Waals surface area contributed by atoms with Crippen molar-refractivity contribution in [2.45, 2.75) is 0 Å². The highest BCUT2D eigenvalue weighted by molar-refractivity contribution is 6.07. The fourth-order valence-electron chi connectivity index (χ4n) is 2.29. The molecule has 1 aromatic heterocycles. The van der Waals surface area contributed by atoms with Crippen LogP contribution in [0.2, 0.25) is 0 Å². The van der Waals surface area contributed by atoms with Crippen LogP contribution in [0.25, 0.3) is 11.1 Å². The van der Waals surface area contributed by atoms with E-state index in [0.29, 0.717) is 0 Å². The number of nitrogen functional groups attached to an aromatic ring is 1. The average Bonchev–Trinajstić information content (AvgIpc) is 2.52. The van der Waals surface area contributed by atoms with Crippen molar-refractivity contribution < 1.29 is 29.3 Å². The van der Waals surface area contributed by atoms with Gasteiger partial charge in [-0.1, -0.05) is 0 Å². The Labute approximate surface area is 135 Å². The Morgan fingerprint density at radius 3 is 1.92 bits per heavy atom. The number of anilines is 1. The minimum atomic E-state index is -1.59. The van der Waals surface area contributed by atoms with Gasteiger partial charge in [-0.3, -0.25) is 4.79 Å². The minimum absolute atomic E-state index is 0.110. The summed E-state index contributed by atoms with van der Waals surface area (Å²) in [6.07, 6.45) is 0. The van der Waals surface area contributed by atoms with Crippen LogP contribution in [0.1, 0.15) is 20.7 Å². The number of carboxylic acid groups (broad SMARTS) is 2.